The molecule has 0 unspecified atom stereocenters. The zero-order chi connectivity index (χ0) is 45.0. The van der Waals surface area contributed by atoms with Gasteiger partial charge >= 0.3 is 0 Å². The summed E-state index contributed by atoms with van der Waals surface area (Å²) in [6, 6.07) is 97.5. The van der Waals surface area contributed by atoms with Gasteiger partial charge in [0.2, 0.25) is 0 Å². The Morgan fingerprint density at radius 2 is 0.500 bits per heavy atom. The first-order valence-electron chi connectivity index (χ1n) is 23.4. The van der Waals surface area contributed by atoms with E-state index in [1.807, 2.05) is 0 Å². The van der Waals surface area contributed by atoms with Gasteiger partial charge in [0.05, 0.1) is 22.1 Å². The van der Waals surface area contributed by atoms with Crippen LogP contribution in [0.1, 0.15) is 0 Å². The van der Waals surface area contributed by atoms with E-state index in [1.54, 1.807) is 0 Å². The molecule has 0 aliphatic carbocycles. The van der Waals surface area contributed by atoms with Gasteiger partial charge in [0.25, 0.3) is 0 Å². The van der Waals surface area contributed by atoms with Crippen molar-refractivity contribution in [3.8, 4) is 78.1 Å². The first kappa shape index (κ1) is 39.4. The molecule has 13 aromatic rings. The Morgan fingerprint density at radius 1 is 0.191 bits per heavy atom. The van der Waals surface area contributed by atoms with Crippen molar-refractivity contribution in [1.82, 2.24) is 9.13 Å². The molecule has 2 aromatic heterocycles. The predicted molar refractivity (Wildman–Crippen MR) is 288 cm³/mol. The topological polar surface area (TPSA) is 9.86 Å². The van der Waals surface area contributed by atoms with Crippen molar-refractivity contribution in [3.05, 3.63) is 267 Å². The van der Waals surface area contributed by atoms with Crippen LogP contribution in [0.15, 0.2) is 267 Å². The fourth-order valence-electron chi connectivity index (χ4n) is 10.5. The van der Waals surface area contributed by atoms with Gasteiger partial charge in [-0.2, -0.15) is 0 Å². The van der Waals surface area contributed by atoms with E-state index in [-0.39, 0.29) is 0 Å². The molecule has 0 aliphatic rings. The van der Waals surface area contributed by atoms with Gasteiger partial charge in [-0.25, -0.2) is 0 Å². The fourth-order valence-corrected chi connectivity index (χ4v) is 10.5. The van der Waals surface area contributed by atoms with Gasteiger partial charge in [-0.05, 0) is 116 Å². The van der Waals surface area contributed by atoms with Gasteiger partial charge in [0.15, 0.2) is 0 Å². The lowest BCUT2D eigenvalue weighted by atomic mass is 9.95. The number of benzene rings is 11. The number of hydrogen-bond donors (Lipinski definition) is 0. The maximum absolute atomic E-state index is 2.50. The third-order valence-electron chi connectivity index (χ3n) is 13.7. The summed E-state index contributed by atoms with van der Waals surface area (Å²) in [7, 11) is 0. The molecule has 13 rings (SSSR count). The molecule has 11 aromatic carbocycles. The minimum Gasteiger partial charge on any atom is -0.309 e. The Labute approximate surface area is 395 Å². The highest BCUT2D eigenvalue weighted by Gasteiger charge is 2.22. The minimum atomic E-state index is 1.12. The van der Waals surface area contributed by atoms with Crippen molar-refractivity contribution in [3.63, 3.8) is 0 Å². The number of nitrogens with zero attached hydrogens (tertiary/aromatic N) is 2. The summed E-state index contributed by atoms with van der Waals surface area (Å²) in [5, 5.41) is 4.89. The van der Waals surface area contributed by atoms with E-state index in [1.165, 1.54) is 93.7 Å². The lowest BCUT2D eigenvalue weighted by Gasteiger charge is -2.15. The first-order valence-corrected chi connectivity index (χ1v) is 23.4. The molecule has 0 saturated heterocycles. The van der Waals surface area contributed by atoms with E-state index in [0.29, 0.717) is 0 Å². The number of para-hydroxylation sites is 1. The van der Waals surface area contributed by atoms with E-state index in [9.17, 15) is 0 Å². The van der Waals surface area contributed by atoms with Crippen molar-refractivity contribution in [2.24, 2.45) is 0 Å². The van der Waals surface area contributed by atoms with Crippen LogP contribution in [0.5, 0.6) is 0 Å². The highest BCUT2D eigenvalue weighted by atomic mass is 15.0. The van der Waals surface area contributed by atoms with Crippen LogP contribution in [0, 0.1) is 0 Å². The van der Waals surface area contributed by atoms with Gasteiger partial charge in [-0.1, -0.05) is 206 Å². The second-order valence-electron chi connectivity index (χ2n) is 17.7. The molecular weight excluding hydrogens is 821 g/mol. The maximum atomic E-state index is 2.50. The zero-order valence-electron chi connectivity index (χ0n) is 37.3. The fraction of sp³-hybridized carbons (Fsp3) is 0. The Hall–Kier alpha value is -8.98. The van der Waals surface area contributed by atoms with E-state index < -0.39 is 0 Å². The molecule has 0 N–H and O–H groups in total. The van der Waals surface area contributed by atoms with Crippen LogP contribution in [-0.2, 0) is 0 Å². The number of aromatic nitrogens is 2. The second-order valence-corrected chi connectivity index (χ2v) is 17.7. The van der Waals surface area contributed by atoms with Crippen molar-refractivity contribution in [2.75, 3.05) is 0 Å². The number of rotatable bonds is 8. The monoisotopic (exact) mass is 864 g/mol. The van der Waals surface area contributed by atoms with Gasteiger partial charge in [0, 0.05) is 44.0 Å². The maximum Gasteiger partial charge on any atom is 0.0619 e. The highest BCUT2D eigenvalue weighted by Crippen LogP contribution is 2.45. The average molecular weight is 865 g/mol. The summed E-state index contributed by atoms with van der Waals surface area (Å²) >= 11 is 0. The standard InChI is InChI=1S/C66H44N2/c1-7-19-45(20-8-1)48-31-35-56(36-32-48)68-64-44-52(34-38-58(64)62-42-54(47-23-11-3-12-24-47)40-60(66(62)68)50-27-15-5-16-28-50)51-33-37-57-61-41-53(46-21-9-2-10-22-46)39-59(49-25-13-4-14-26-49)65(61)67(63(57)43-51)55-29-17-6-18-30-55/h1-44H. The number of hydrogen-bond acceptors (Lipinski definition) is 0. The third kappa shape index (κ3) is 6.73. The summed E-state index contributed by atoms with van der Waals surface area (Å²) in [5.74, 6) is 0. The van der Waals surface area contributed by atoms with Crippen molar-refractivity contribution < 1.29 is 0 Å². The lowest BCUT2D eigenvalue weighted by molar-refractivity contribution is 1.18. The Bertz CT molecular complexity index is 3950. The predicted octanol–water partition coefficient (Wildman–Crippen LogP) is 17.9. The molecule has 0 radical (unpaired) electrons. The molecule has 2 heteroatoms. The highest BCUT2D eigenvalue weighted by molar-refractivity contribution is 6.18. The molecule has 0 amide bonds. The van der Waals surface area contributed by atoms with Crippen molar-refractivity contribution >= 4 is 43.6 Å². The Balaban J connectivity index is 1.08. The molecule has 0 spiro atoms. The third-order valence-corrected chi connectivity index (χ3v) is 13.7. The number of fused-ring (bicyclic) bond motifs is 6. The summed E-state index contributed by atoms with van der Waals surface area (Å²) < 4.78 is 4.98. The normalized spacial score (nSPS) is 11.5. The SMILES string of the molecule is c1ccc(-c2ccc(-n3c4cc(-c5ccc6c7cc(-c8ccccc8)cc(-c8ccccc8)c7n(-c7ccccc7)c6c5)ccc4c4cc(-c5ccccc5)cc(-c5ccccc5)c43)cc2)cc1. The summed E-state index contributed by atoms with van der Waals surface area (Å²) in [6.45, 7) is 0. The van der Waals surface area contributed by atoms with Crippen molar-refractivity contribution in [1.29, 1.82) is 0 Å². The van der Waals surface area contributed by atoms with E-state index >= 15 is 0 Å². The van der Waals surface area contributed by atoms with Crippen LogP contribution in [0.4, 0.5) is 0 Å². The van der Waals surface area contributed by atoms with Crippen LogP contribution in [-0.4, -0.2) is 9.13 Å². The molecule has 318 valence electrons. The summed E-state index contributed by atoms with van der Waals surface area (Å²) in [5.41, 5.74) is 21.3. The zero-order valence-corrected chi connectivity index (χ0v) is 37.3. The van der Waals surface area contributed by atoms with Crippen LogP contribution in [0.3, 0.4) is 0 Å². The first-order chi connectivity index (χ1) is 33.7. The van der Waals surface area contributed by atoms with Crippen LogP contribution < -0.4 is 0 Å². The molecule has 68 heavy (non-hydrogen) atoms. The van der Waals surface area contributed by atoms with E-state index in [0.717, 1.165) is 28.0 Å². The molecule has 0 aliphatic heterocycles. The largest absolute Gasteiger partial charge is 0.309 e. The van der Waals surface area contributed by atoms with Gasteiger partial charge in [-0.15, -0.1) is 0 Å². The Kier molecular flexibility index (Phi) is 9.54. The Morgan fingerprint density at radius 3 is 0.897 bits per heavy atom. The molecule has 0 saturated carbocycles. The van der Waals surface area contributed by atoms with E-state index in [4.69, 9.17) is 0 Å². The molecule has 0 fully saturated rings. The molecule has 0 atom stereocenters. The lowest BCUT2D eigenvalue weighted by Crippen LogP contribution is -1.97. The molecular formula is C66H44N2. The van der Waals surface area contributed by atoms with E-state index in [2.05, 4.69) is 276 Å². The van der Waals surface area contributed by atoms with Crippen LogP contribution >= 0.6 is 0 Å². The summed E-state index contributed by atoms with van der Waals surface area (Å²) in [4.78, 5) is 0. The van der Waals surface area contributed by atoms with Gasteiger partial charge in [0.1, 0.15) is 0 Å². The second kappa shape index (κ2) is 16.5. The minimum absolute atomic E-state index is 1.12. The average Bonchev–Trinajstić information content (AvgIpc) is 3.94. The van der Waals surface area contributed by atoms with Crippen LogP contribution in [0.2, 0.25) is 0 Å². The van der Waals surface area contributed by atoms with Crippen molar-refractivity contribution in [2.45, 2.75) is 0 Å². The smallest absolute Gasteiger partial charge is 0.0619 e. The summed E-state index contributed by atoms with van der Waals surface area (Å²) in [6.07, 6.45) is 0. The van der Waals surface area contributed by atoms with Gasteiger partial charge in [-0.3, -0.25) is 0 Å². The van der Waals surface area contributed by atoms with Gasteiger partial charge < -0.3 is 9.13 Å². The molecule has 2 nitrogen and oxygen atoms in total. The molecule has 2 heterocycles. The quantitative estimate of drug-likeness (QED) is 0.144. The van der Waals surface area contributed by atoms with Crippen LogP contribution in [0.25, 0.3) is 122 Å². The molecule has 0 bridgehead atoms.